The topological polar surface area (TPSA) is 44.1 Å². The molecule has 0 amide bonds. The molecule has 0 atom stereocenters. The van der Waals surface area contributed by atoms with Crippen LogP contribution in [-0.4, -0.2) is 22.9 Å². The molecule has 0 spiro atoms. The second-order valence-electron chi connectivity index (χ2n) is 3.77. The van der Waals surface area contributed by atoms with Gasteiger partial charge in [0.1, 0.15) is 9.26 Å². The summed E-state index contributed by atoms with van der Waals surface area (Å²) in [6.07, 6.45) is 2.80. The molecule has 1 aromatic rings. The second kappa shape index (κ2) is 5.48. The maximum atomic E-state index is 11.3. The molecule has 0 N–H and O–H groups in total. The van der Waals surface area contributed by atoms with Crippen LogP contribution in [0, 0.1) is 9.62 Å². The smallest absolute Gasteiger partial charge is 0.342 e. The van der Waals surface area contributed by atoms with E-state index in [-0.39, 0.29) is 5.97 Å². The summed E-state index contributed by atoms with van der Waals surface area (Å²) in [6, 6.07) is 0. The van der Waals surface area contributed by atoms with Crippen molar-refractivity contribution in [3.05, 3.63) is 15.5 Å². The number of rotatable bonds is 4. The quantitative estimate of drug-likeness (QED) is 0.631. The molecule has 4 nitrogen and oxygen atoms in total. The Morgan fingerprint density at radius 3 is 2.87 bits per heavy atom. The van der Waals surface area contributed by atoms with E-state index < -0.39 is 0 Å². The Balaban J connectivity index is 2.72. The minimum Gasteiger partial charge on any atom is -0.465 e. The first kappa shape index (κ1) is 12.5. The van der Waals surface area contributed by atoms with E-state index in [1.807, 2.05) is 22.6 Å². The molecular formula is C10H15IN2O2. The van der Waals surface area contributed by atoms with E-state index in [9.17, 15) is 4.79 Å². The van der Waals surface area contributed by atoms with Crippen molar-refractivity contribution in [2.24, 2.45) is 5.92 Å². The van der Waals surface area contributed by atoms with Gasteiger partial charge in [0, 0.05) is 12.7 Å². The van der Waals surface area contributed by atoms with Crippen LogP contribution >= 0.6 is 22.6 Å². The number of methoxy groups -OCH3 is 1. The number of aryl methyl sites for hydroxylation is 1. The molecular weight excluding hydrogens is 307 g/mol. The zero-order chi connectivity index (χ0) is 11.4. The van der Waals surface area contributed by atoms with Gasteiger partial charge in [-0.2, -0.15) is 5.10 Å². The first-order chi connectivity index (χ1) is 7.04. The zero-order valence-electron chi connectivity index (χ0n) is 9.16. The lowest BCUT2D eigenvalue weighted by atomic mass is 10.1. The molecule has 0 bridgehead atoms. The van der Waals surface area contributed by atoms with Crippen LogP contribution in [0.1, 0.15) is 30.6 Å². The Kier molecular flexibility index (Phi) is 4.56. The predicted octanol–water partition coefficient (Wildman–Crippen LogP) is 2.32. The SMILES string of the molecule is COC(=O)c1cn(CCC(C)C)nc1I. The molecule has 1 rings (SSSR count). The average Bonchev–Trinajstić information content (AvgIpc) is 2.55. The van der Waals surface area contributed by atoms with E-state index in [0.717, 1.165) is 13.0 Å². The maximum absolute atomic E-state index is 11.3. The van der Waals surface area contributed by atoms with Crippen LogP contribution in [0.15, 0.2) is 6.20 Å². The Labute approximate surface area is 103 Å². The van der Waals surface area contributed by atoms with Gasteiger partial charge in [0.15, 0.2) is 0 Å². The van der Waals surface area contributed by atoms with Crippen molar-refractivity contribution in [1.82, 2.24) is 9.78 Å². The lowest BCUT2D eigenvalue weighted by Crippen LogP contribution is -2.02. The van der Waals surface area contributed by atoms with Crippen LogP contribution in [0.4, 0.5) is 0 Å². The predicted molar refractivity (Wildman–Crippen MR) is 65.7 cm³/mol. The van der Waals surface area contributed by atoms with E-state index in [1.54, 1.807) is 10.9 Å². The molecule has 0 radical (unpaired) electrons. The molecule has 0 aliphatic heterocycles. The van der Waals surface area contributed by atoms with Gasteiger partial charge < -0.3 is 4.74 Å². The van der Waals surface area contributed by atoms with Crippen LogP contribution in [0.25, 0.3) is 0 Å². The van der Waals surface area contributed by atoms with E-state index in [2.05, 4.69) is 23.7 Å². The lowest BCUT2D eigenvalue weighted by molar-refractivity contribution is 0.0599. The monoisotopic (exact) mass is 322 g/mol. The Hall–Kier alpha value is -0.590. The number of ether oxygens (including phenoxy) is 1. The van der Waals surface area contributed by atoms with Crippen LogP contribution in [-0.2, 0) is 11.3 Å². The lowest BCUT2D eigenvalue weighted by Gasteiger charge is -2.03. The van der Waals surface area contributed by atoms with Crippen molar-refractivity contribution in [3.63, 3.8) is 0 Å². The number of nitrogens with zero attached hydrogens (tertiary/aromatic N) is 2. The molecule has 5 heteroatoms. The van der Waals surface area contributed by atoms with Gasteiger partial charge in [-0.3, -0.25) is 4.68 Å². The summed E-state index contributed by atoms with van der Waals surface area (Å²) < 4.78 is 7.16. The summed E-state index contributed by atoms with van der Waals surface area (Å²) in [5.41, 5.74) is 0.543. The van der Waals surface area contributed by atoms with Crippen molar-refractivity contribution >= 4 is 28.6 Å². The highest BCUT2D eigenvalue weighted by molar-refractivity contribution is 14.1. The first-order valence-corrected chi connectivity index (χ1v) is 5.93. The highest BCUT2D eigenvalue weighted by atomic mass is 127. The standard InChI is InChI=1S/C10H15IN2O2/c1-7(2)4-5-13-6-8(9(11)12-13)10(14)15-3/h6-7H,4-5H2,1-3H3. The van der Waals surface area contributed by atoms with E-state index in [1.165, 1.54) is 7.11 Å². The van der Waals surface area contributed by atoms with Gasteiger partial charge in [-0.15, -0.1) is 0 Å². The normalized spacial score (nSPS) is 10.7. The molecule has 0 saturated heterocycles. The fraction of sp³-hybridized carbons (Fsp3) is 0.600. The highest BCUT2D eigenvalue weighted by Crippen LogP contribution is 2.12. The molecule has 1 aromatic heterocycles. The third-order valence-corrected chi connectivity index (χ3v) is 2.85. The number of aromatic nitrogens is 2. The Morgan fingerprint density at radius 2 is 2.33 bits per heavy atom. The highest BCUT2D eigenvalue weighted by Gasteiger charge is 2.14. The molecule has 0 aliphatic carbocycles. The van der Waals surface area contributed by atoms with Gasteiger partial charge in [0.05, 0.1) is 7.11 Å². The van der Waals surface area contributed by atoms with Crippen molar-refractivity contribution in [2.45, 2.75) is 26.8 Å². The number of hydrogen-bond donors (Lipinski definition) is 0. The third-order valence-electron chi connectivity index (χ3n) is 2.06. The molecule has 0 aliphatic rings. The summed E-state index contributed by atoms with van der Waals surface area (Å²) in [5, 5.41) is 4.25. The van der Waals surface area contributed by atoms with E-state index >= 15 is 0 Å². The number of carbonyl (C=O) groups is 1. The maximum Gasteiger partial charge on any atom is 0.342 e. The van der Waals surface area contributed by atoms with Crippen molar-refractivity contribution in [2.75, 3.05) is 7.11 Å². The van der Waals surface area contributed by atoms with Crippen LogP contribution in [0.3, 0.4) is 0 Å². The van der Waals surface area contributed by atoms with Gasteiger partial charge in [-0.1, -0.05) is 13.8 Å². The van der Waals surface area contributed by atoms with Crippen LogP contribution in [0.2, 0.25) is 0 Å². The molecule has 15 heavy (non-hydrogen) atoms. The Morgan fingerprint density at radius 1 is 1.67 bits per heavy atom. The van der Waals surface area contributed by atoms with Crippen LogP contribution < -0.4 is 0 Å². The number of halogens is 1. The first-order valence-electron chi connectivity index (χ1n) is 4.86. The summed E-state index contributed by atoms with van der Waals surface area (Å²) in [7, 11) is 1.38. The molecule has 0 aromatic carbocycles. The van der Waals surface area contributed by atoms with Crippen LogP contribution in [0.5, 0.6) is 0 Å². The number of carbonyl (C=O) groups excluding carboxylic acids is 1. The number of esters is 1. The molecule has 0 fully saturated rings. The van der Waals surface area contributed by atoms with Gasteiger partial charge in [0.2, 0.25) is 0 Å². The summed E-state index contributed by atoms with van der Waals surface area (Å²) in [4.78, 5) is 11.3. The fourth-order valence-corrected chi connectivity index (χ4v) is 1.79. The molecule has 84 valence electrons. The number of hydrogen-bond acceptors (Lipinski definition) is 3. The Bertz CT molecular complexity index is 347. The van der Waals surface area contributed by atoms with Crippen molar-refractivity contribution in [3.8, 4) is 0 Å². The molecule has 0 unspecified atom stereocenters. The van der Waals surface area contributed by atoms with Gasteiger partial charge >= 0.3 is 5.97 Å². The zero-order valence-corrected chi connectivity index (χ0v) is 11.3. The molecule has 0 saturated carbocycles. The minimum absolute atomic E-state index is 0.324. The summed E-state index contributed by atoms with van der Waals surface area (Å²) in [5.74, 6) is 0.309. The summed E-state index contributed by atoms with van der Waals surface area (Å²) in [6.45, 7) is 5.16. The van der Waals surface area contributed by atoms with Gasteiger partial charge in [0.25, 0.3) is 0 Å². The fourth-order valence-electron chi connectivity index (χ4n) is 1.15. The molecule has 1 heterocycles. The van der Waals surface area contributed by atoms with Gasteiger partial charge in [-0.25, -0.2) is 4.79 Å². The largest absolute Gasteiger partial charge is 0.465 e. The van der Waals surface area contributed by atoms with Crippen molar-refractivity contribution < 1.29 is 9.53 Å². The van der Waals surface area contributed by atoms with E-state index in [4.69, 9.17) is 0 Å². The van der Waals surface area contributed by atoms with Gasteiger partial charge in [-0.05, 0) is 34.9 Å². The minimum atomic E-state index is -0.324. The second-order valence-corrected chi connectivity index (χ2v) is 4.79. The summed E-state index contributed by atoms with van der Waals surface area (Å²) >= 11 is 2.04. The van der Waals surface area contributed by atoms with E-state index in [0.29, 0.717) is 15.2 Å². The average molecular weight is 322 g/mol. The third kappa shape index (κ3) is 3.48. The van der Waals surface area contributed by atoms with Crippen molar-refractivity contribution in [1.29, 1.82) is 0 Å².